The summed E-state index contributed by atoms with van der Waals surface area (Å²) in [6.45, 7) is 6.39. The predicted octanol–water partition coefficient (Wildman–Crippen LogP) is 2.91. The van der Waals surface area contributed by atoms with Crippen molar-refractivity contribution < 1.29 is 9.50 Å². The van der Waals surface area contributed by atoms with E-state index in [0.717, 1.165) is 6.20 Å². The minimum Gasteiger partial charge on any atom is -0.387 e. The van der Waals surface area contributed by atoms with E-state index in [1.54, 1.807) is 0 Å². The molecule has 0 spiro atoms. The maximum Gasteiger partial charge on any atom is 0.141 e. The topological polar surface area (TPSA) is 45.1 Å². The molecule has 0 bridgehead atoms. The minimum atomic E-state index is -0.729. The van der Waals surface area contributed by atoms with E-state index in [-0.39, 0.29) is 42.8 Å². The molecule has 0 aliphatic carbocycles. The van der Waals surface area contributed by atoms with Crippen LogP contribution in [-0.4, -0.2) is 22.2 Å². The third-order valence-electron chi connectivity index (χ3n) is 1.94. The Kier molecular flexibility index (Phi) is 12.5. The first-order valence-electron chi connectivity index (χ1n) is 4.92. The summed E-state index contributed by atoms with van der Waals surface area (Å²) >= 11 is 0. The molecule has 1 heterocycles. The van der Waals surface area contributed by atoms with Gasteiger partial charge in [-0.2, -0.15) is 0 Å². The van der Waals surface area contributed by atoms with E-state index in [2.05, 4.69) is 10.3 Å². The normalized spacial score (nSPS) is 11.6. The highest BCUT2D eigenvalue weighted by molar-refractivity contribution is 5.86. The molecule has 0 amide bonds. The Morgan fingerprint density at radius 1 is 1.28 bits per heavy atom. The molecular weight excluding hydrogens is 301 g/mol. The Morgan fingerprint density at radius 2 is 1.83 bits per heavy atom. The van der Waals surface area contributed by atoms with E-state index >= 15 is 0 Å². The van der Waals surface area contributed by atoms with Gasteiger partial charge in [0.2, 0.25) is 0 Å². The van der Waals surface area contributed by atoms with E-state index in [0.29, 0.717) is 12.1 Å². The van der Waals surface area contributed by atoms with Crippen molar-refractivity contribution in [2.24, 2.45) is 0 Å². The maximum atomic E-state index is 12.8. The summed E-state index contributed by atoms with van der Waals surface area (Å²) in [5, 5.41) is 12.9. The van der Waals surface area contributed by atoms with Crippen LogP contribution in [0.4, 0.5) is 4.39 Å². The average molecular weight is 322 g/mol. The summed E-state index contributed by atoms with van der Waals surface area (Å²) in [6, 6.07) is 1.29. The van der Waals surface area contributed by atoms with Gasteiger partial charge >= 0.3 is 0 Å². The van der Waals surface area contributed by atoms with Crippen molar-refractivity contribution in [1.82, 2.24) is 10.3 Å². The van der Waals surface area contributed by atoms with E-state index in [4.69, 9.17) is 0 Å². The summed E-state index contributed by atoms with van der Waals surface area (Å²) in [4.78, 5) is 3.69. The Labute approximate surface area is 126 Å². The minimum absolute atomic E-state index is 0. The van der Waals surface area contributed by atoms with Crippen LogP contribution >= 0.6 is 37.2 Å². The number of hydrogen-bond acceptors (Lipinski definition) is 3. The Bertz CT molecular complexity index is 334. The number of nitrogens with zero attached hydrogens (tertiary/aromatic N) is 1. The number of hydrogen-bond donors (Lipinski definition) is 2. The lowest BCUT2D eigenvalue weighted by Crippen LogP contribution is -2.38. The van der Waals surface area contributed by atoms with Crippen LogP contribution in [0.1, 0.15) is 32.4 Å². The molecule has 3 nitrogen and oxygen atoms in total. The van der Waals surface area contributed by atoms with Gasteiger partial charge in [0.05, 0.1) is 12.3 Å². The van der Waals surface area contributed by atoms with Gasteiger partial charge in [-0.25, -0.2) is 4.39 Å². The number of pyridine rings is 1. The van der Waals surface area contributed by atoms with Crippen LogP contribution in [0.25, 0.3) is 0 Å². The summed E-state index contributed by atoms with van der Waals surface area (Å²) < 4.78 is 12.8. The molecule has 0 unspecified atom stereocenters. The van der Waals surface area contributed by atoms with Gasteiger partial charge in [0.25, 0.3) is 0 Å². The highest BCUT2D eigenvalue weighted by Gasteiger charge is 2.14. The van der Waals surface area contributed by atoms with Gasteiger partial charge in [-0.3, -0.25) is 4.98 Å². The summed E-state index contributed by atoms with van der Waals surface area (Å²) in [6.07, 6.45) is 1.86. The van der Waals surface area contributed by atoms with Gasteiger partial charge in [-0.15, -0.1) is 37.2 Å². The van der Waals surface area contributed by atoms with Crippen LogP contribution < -0.4 is 5.32 Å². The molecule has 0 fully saturated rings. The smallest absolute Gasteiger partial charge is 0.141 e. The average Bonchev–Trinajstić information content (AvgIpc) is 2.13. The van der Waals surface area contributed by atoms with Gasteiger partial charge in [-0.05, 0) is 26.8 Å². The highest BCUT2D eigenvalue weighted by Crippen LogP contribution is 2.12. The maximum absolute atomic E-state index is 12.8. The molecule has 0 aliphatic rings. The van der Waals surface area contributed by atoms with Gasteiger partial charge in [0.15, 0.2) is 0 Å². The molecule has 0 aromatic carbocycles. The zero-order valence-corrected chi connectivity index (χ0v) is 13.0. The van der Waals surface area contributed by atoms with E-state index < -0.39 is 11.9 Å². The fourth-order valence-corrected chi connectivity index (χ4v) is 1.13. The summed E-state index contributed by atoms with van der Waals surface area (Å²) in [7, 11) is 0. The third kappa shape index (κ3) is 8.89. The Balaban J connectivity index is -0.000000750. The molecule has 1 aromatic heterocycles. The number of aliphatic hydroxyl groups is 1. The first-order chi connectivity index (χ1) is 6.88. The van der Waals surface area contributed by atoms with Crippen LogP contribution in [-0.2, 0) is 0 Å². The second-order valence-corrected chi connectivity index (χ2v) is 4.58. The molecule has 0 saturated carbocycles. The lowest BCUT2D eigenvalue weighted by atomic mass is 10.1. The number of rotatable bonds is 3. The molecule has 2 N–H and O–H groups in total. The highest BCUT2D eigenvalue weighted by atomic mass is 35.5. The van der Waals surface area contributed by atoms with Gasteiger partial charge < -0.3 is 10.4 Å². The molecule has 1 atom stereocenters. The molecular formula is C11H20Cl3FN2O. The summed E-state index contributed by atoms with van der Waals surface area (Å²) in [5.41, 5.74) is 0.425. The second kappa shape index (κ2) is 9.75. The van der Waals surface area contributed by atoms with Gasteiger partial charge in [0, 0.05) is 23.8 Å². The van der Waals surface area contributed by atoms with Gasteiger partial charge in [0.1, 0.15) is 5.82 Å². The summed E-state index contributed by atoms with van der Waals surface area (Å²) in [5.74, 6) is -0.428. The largest absolute Gasteiger partial charge is 0.387 e. The molecule has 1 rings (SSSR count). The molecule has 108 valence electrons. The molecule has 0 radical (unpaired) electrons. The Hall–Kier alpha value is -0.130. The van der Waals surface area contributed by atoms with Crippen molar-refractivity contribution in [3.05, 3.63) is 29.8 Å². The molecule has 1 aromatic rings. The van der Waals surface area contributed by atoms with E-state index in [9.17, 15) is 9.50 Å². The Morgan fingerprint density at radius 3 is 2.28 bits per heavy atom. The first kappa shape index (κ1) is 23.0. The van der Waals surface area contributed by atoms with Crippen molar-refractivity contribution in [2.45, 2.75) is 32.4 Å². The number of nitrogens with one attached hydrogen (secondary N) is 1. The number of aliphatic hydroxyl groups excluding tert-OH is 1. The fourth-order valence-electron chi connectivity index (χ4n) is 1.13. The lowest BCUT2D eigenvalue weighted by Gasteiger charge is -2.22. The molecule has 0 saturated heterocycles. The van der Waals surface area contributed by atoms with Crippen LogP contribution in [0, 0.1) is 5.82 Å². The number of β-amino-alcohol motifs (C(OH)–C–C–N with tert-alkyl or cyclic N) is 1. The third-order valence-corrected chi connectivity index (χ3v) is 1.94. The van der Waals surface area contributed by atoms with Crippen molar-refractivity contribution in [3.8, 4) is 0 Å². The second-order valence-electron chi connectivity index (χ2n) is 4.58. The standard InChI is InChI=1S/C11H17FN2O.3ClH/c1-11(2,3)14-7-10(15)8-4-9(12)6-13-5-8;;;/h4-6,10,14-15H,7H2,1-3H3;3*1H/t10-;;;/m0.../s1. The van der Waals surface area contributed by atoms with Crippen molar-refractivity contribution in [1.29, 1.82) is 0 Å². The van der Waals surface area contributed by atoms with Crippen LogP contribution in [0.5, 0.6) is 0 Å². The zero-order chi connectivity index (χ0) is 11.5. The van der Waals surface area contributed by atoms with Crippen molar-refractivity contribution in [3.63, 3.8) is 0 Å². The van der Waals surface area contributed by atoms with Crippen molar-refractivity contribution >= 4 is 37.2 Å². The van der Waals surface area contributed by atoms with Crippen LogP contribution in [0.2, 0.25) is 0 Å². The number of aromatic nitrogens is 1. The molecule has 0 aliphatic heterocycles. The predicted molar refractivity (Wildman–Crippen MR) is 78.7 cm³/mol. The van der Waals surface area contributed by atoms with E-state index in [1.165, 1.54) is 12.3 Å². The molecule has 18 heavy (non-hydrogen) atoms. The monoisotopic (exact) mass is 320 g/mol. The quantitative estimate of drug-likeness (QED) is 0.900. The SMILES string of the molecule is CC(C)(C)NC[C@H](O)c1cncc(F)c1.Cl.Cl.Cl. The van der Waals surface area contributed by atoms with Crippen LogP contribution in [0.3, 0.4) is 0 Å². The van der Waals surface area contributed by atoms with Crippen LogP contribution in [0.15, 0.2) is 18.5 Å². The number of halogens is 4. The van der Waals surface area contributed by atoms with Crippen molar-refractivity contribution in [2.75, 3.05) is 6.54 Å². The van der Waals surface area contributed by atoms with Gasteiger partial charge in [-0.1, -0.05) is 0 Å². The van der Waals surface area contributed by atoms with E-state index in [1.807, 2.05) is 20.8 Å². The first-order valence-corrected chi connectivity index (χ1v) is 4.92. The zero-order valence-electron chi connectivity index (χ0n) is 10.5. The fraction of sp³-hybridized carbons (Fsp3) is 0.545. The lowest BCUT2D eigenvalue weighted by molar-refractivity contribution is 0.162. The molecule has 7 heteroatoms.